The number of rotatable bonds is 61. The summed E-state index contributed by atoms with van der Waals surface area (Å²) < 4.78 is 17.0. The van der Waals surface area contributed by atoms with E-state index in [1.165, 1.54) is 141 Å². The van der Waals surface area contributed by atoms with Crippen LogP contribution in [0.15, 0.2) is 122 Å². The maximum absolute atomic E-state index is 12.9. The van der Waals surface area contributed by atoms with Gasteiger partial charge in [-0.3, -0.25) is 14.4 Å². The van der Waals surface area contributed by atoms with Crippen molar-refractivity contribution in [1.82, 2.24) is 0 Å². The van der Waals surface area contributed by atoms with Gasteiger partial charge in [0.15, 0.2) is 6.10 Å². The lowest BCUT2D eigenvalue weighted by Gasteiger charge is -2.18. The smallest absolute Gasteiger partial charge is 0.306 e. The molecule has 0 bridgehead atoms. The number of esters is 3. The minimum Gasteiger partial charge on any atom is -0.462 e. The molecule has 0 aromatic heterocycles. The molecule has 0 saturated heterocycles. The maximum atomic E-state index is 12.9. The fourth-order valence-corrected chi connectivity index (χ4v) is 9.46. The zero-order valence-corrected chi connectivity index (χ0v) is 53.0. The van der Waals surface area contributed by atoms with E-state index in [9.17, 15) is 14.4 Å². The van der Waals surface area contributed by atoms with Crippen molar-refractivity contribution in [2.24, 2.45) is 0 Å². The molecule has 0 fully saturated rings. The summed E-state index contributed by atoms with van der Waals surface area (Å²) in [7, 11) is 0. The molecule has 0 aliphatic carbocycles. The average Bonchev–Trinajstić information content (AvgIpc) is 3.47. The molecular weight excluding hydrogens is 997 g/mol. The average molecular weight is 1120 g/mol. The second-order valence-electron chi connectivity index (χ2n) is 22.3. The van der Waals surface area contributed by atoms with E-state index < -0.39 is 6.10 Å². The zero-order chi connectivity index (χ0) is 58.5. The summed E-state index contributed by atoms with van der Waals surface area (Å²) >= 11 is 0. The fraction of sp³-hybridized carbons (Fsp3) is 0.693. The number of allylic oxidation sites excluding steroid dienone is 20. The van der Waals surface area contributed by atoms with Gasteiger partial charge in [-0.2, -0.15) is 0 Å². The summed E-state index contributed by atoms with van der Waals surface area (Å²) in [6, 6.07) is 0. The summed E-state index contributed by atoms with van der Waals surface area (Å²) in [5.41, 5.74) is 0. The Bertz CT molecular complexity index is 1670. The van der Waals surface area contributed by atoms with Gasteiger partial charge in [0.25, 0.3) is 0 Å². The van der Waals surface area contributed by atoms with E-state index in [-0.39, 0.29) is 31.1 Å². The molecule has 0 rings (SSSR count). The van der Waals surface area contributed by atoms with E-state index in [0.717, 1.165) is 135 Å². The Balaban J connectivity index is 4.30. The minimum absolute atomic E-state index is 0.0854. The highest BCUT2D eigenvalue weighted by Gasteiger charge is 2.19. The largest absolute Gasteiger partial charge is 0.462 e. The molecule has 0 radical (unpaired) electrons. The highest BCUT2D eigenvalue weighted by Crippen LogP contribution is 2.17. The van der Waals surface area contributed by atoms with E-state index in [1.807, 2.05) is 0 Å². The number of ether oxygens (including phenoxy) is 3. The van der Waals surface area contributed by atoms with E-state index in [0.29, 0.717) is 19.3 Å². The molecule has 0 aliphatic rings. The lowest BCUT2D eigenvalue weighted by molar-refractivity contribution is -0.167. The third kappa shape index (κ3) is 66.5. The molecule has 81 heavy (non-hydrogen) atoms. The monoisotopic (exact) mass is 1120 g/mol. The number of carbonyl (C=O) groups excluding carboxylic acids is 3. The first-order valence-corrected chi connectivity index (χ1v) is 34.0. The van der Waals surface area contributed by atoms with Crippen LogP contribution in [-0.4, -0.2) is 37.2 Å². The highest BCUT2D eigenvalue weighted by molar-refractivity contribution is 5.71. The van der Waals surface area contributed by atoms with Crippen LogP contribution in [0.1, 0.15) is 316 Å². The number of hydrogen-bond acceptors (Lipinski definition) is 6. The van der Waals surface area contributed by atoms with Crippen LogP contribution in [-0.2, 0) is 28.6 Å². The quantitative estimate of drug-likeness (QED) is 0.0261. The molecule has 1 unspecified atom stereocenters. The molecule has 0 spiro atoms. The summed E-state index contributed by atoms with van der Waals surface area (Å²) in [4.78, 5) is 38.4. The Hall–Kier alpha value is -4.19. The van der Waals surface area contributed by atoms with Crippen molar-refractivity contribution in [1.29, 1.82) is 0 Å². The first kappa shape index (κ1) is 76.8. The molecule has 462 valence electrons. The molecule has 6 heteroatoms. The van der Waals surface area contributed by atoms with E-state index in [1.54, 1.807) is 0 Å². The van der Waals surface area contributed by atoms with Crippen molar-refractivity contribution in [2.75, 3.05) is 13.2 Å². The third-order valence-electron chi connectivity index (χ3n) is 14.4. The van der Waals surface area contributed by atoms with Crippen molar-refractivity contribution in [3.8, 4) is 0 Å². The second-order valence-corrected chi connectivity index (χ2v) is 22.3. The summed E-state index contributed by atoms with van der Waals surface area (Å²) in [5, 5.41) is 0. The molecule has 0 saturated carbocycles. The van der Waals surface area contributed by atoms with Crippen molar-refractivity contribution < 1.29 is 28.6 Å². The normalized spacial score (nSPS) is 12.9. The van der Waals surface area contributed by atoms with Crippen LogP contribution in [0.2, 0.25) is 0 Å². The number of hydrogen-bond donors (Lipinski definition) is 0. The van der Waals surface area contributed by atoms with Gasteiger partial charge in [-0.05, 0) is 122 Å². The van der Waals surface area contributed by atoms with Crippen LogP contribution in [0.25, 0.3) is 0 Å². The van der Waals surface area contributed by atoms with Crippen molar-refractivity contribution >= 4 is 17.9 Å². The maximum Gasteiger partial charge on any atom is 0.306 e. The van der Waals surface area contributed by atoms with Gasteiger partial charge in [0.05, 0.1) is 0 Å². The van der Waals surface area contributed by atoms with Crippen LogP contribution in [0.3, 0.4) is 0 Å². The van der Waals surface area contributed by atoms with E-state index >= 15 is 0 Å². The molecule has 0 aromatic carbocycles. The summed E-state index contributed by atoms with van der Waals surface area (Å²) in [5.74, 6) is -0.895. The molecule has 0 aliphatic heterocycles. The topological polar surface area (TPSA) is 78.9 Å². The Morgan fingerprint density at radius 3 is 0.691 bits per heavy atom. The van der Waals surface area contributed by atoms with E-state index in [2.05, 4.69) is 142 Å². The third-order valence-corrected chi connectivity index (χ3v) is 14.4. The van der Waals surface area contributed by atoms with Gasteiger partial charge in [0.1, 0.15) is 13.2 Å². The lowest BCUT2D eigenvalue weighted by Crippen LogP contribution is -2.30. The first-order chi connectivity index (χ1) is 40.0. The number of carbonyl (C=O) groups is 3. The molecular formula is C75H126O6. The number of unbranched alkanes of at least 4 members (excludes halogenated alkanes) is 30. The predicted molar refractivity (Wildman–Crippen MR) is 353 cm³/mol. The van der Waals surface area contributed by atoms with Crippen molar-refractivity contribution in [2.45, 2.75) is 322 Å². The SMILES string of the molecule is CC/C=C\C/C=C\C/C=C\C/C=C\CCCCCCCCCCCCCCCCCCC(=O)OCC(COC(=O)CCCCCCCCC/C=C\C/C=C\C/C=C\CC)OC(=O)CCCCCCCCC/C=C\C/C=C\C/C=C\CC. The fourth-order valence-electron chi connectivity index (χ4n) is 9.46. The molecule has 1 atom stereocenters. The molecule has 0 amide bonds. The van der Waals surface area contributed by atoms with Gasteiger partial charge in [0.2, 0.25) is 0 Å². The Labute approximate surface area is 501 Å². The lowest BCUT2D eigenvalue weighted by atomic mass is 10.0. The van der Waals surface area contributed by atoms with Crippen molar-refractivity contribution in [3.63, 3.8) is 0 Å². The molecule has 6 nitrogen and oxygen atoms in total. The Kier molecular flexibility index (Phi) is 64.8. The highest BCUT2D eigenvalue weighted by atomic mass is 16.6. The summed E-state index contributed by atoms with van der Waals surface area (Å²) in [6.07, 6.45) is 95.0. The van der Waals surface area contributed by atoms with Gasteiger partial charge in [0, 0.05) is 19.3 Å². The zero-order valence-electron chi connectivity index (χ0n) is 53.0. The standard InChI is InChI=1S/C75H126O6/c1-4-7-10-13-16-19-22-25-28-31-32-33-34-35-36-37-38-39-40-41-42-45-47-50-53-56-59-62-65-68-74(77)80-71-72(81-75(78)69-66-63-60-57-54-51-48-44-30-27-24-21-18-15-12-9-6-3)70-79-73(76)67-64-61-58-55-52-49-46-43-29-26-23-20-17-14-11-8-5-2/h7-12,16-21,25-30,32-33,72H,4-6,13-15,22-24,31,34-71H2,1-3H3/b10-7-,11-8-,12-9-,19-16-,20-17-,21-18-,28-25-,29-26-,30-27-,33-32-. The van der Waals surface area contributed by atoms with Crippen LogP contribution in [0, 0.1) is 0 Å². The van der Waals surface area contributed by atoms with E-state index in [4.69, 9.17) is 14.2 Å². The van der Waals surface area contributed by atoms with Gasteiger partial charge in [-0.1, -0.05) is 296 Å². The van der Waals surface area contributed by atoms with Crippen molar-refractivity contribution in [3.05, 3.63) is 122 Å². The van der Waals surface area contributed by atoms with Gasteiger partial charge in [-0.25, -0.2) is 0 Å². The van der Waals surface area contributed by atoms with Crippen LogP contribution < -0.4 is 0 Å². The van der Waals surface area contributed by atoms with Gasteiger partial charge < -0.3 is 14.2 Å². The molecule has 0 aromatic rings. The minimum atomic E-state index is -0.791. The Morgan fingerprint density at radius 2 is 0.444 bits per heavy atom. The predicted octanol–water partition coefficient (Wildman–Crippen LogP) is 23.6. The first-order valence-electron chi connectivity index (χ1n) is 34.0. The second kappa shape index (κ2) is 68.3. The molecule has 0 heterocycles. The molecule has 0 N–H and O–H groups in total. The van der Waals surface area contributed by atoms with Crippen LogP contribution in [0.5, 0.6) is 0 Å². The van der Waals surface area contributed by atoms with Gasteiger partial charge in [-0.15, -0.1) is 0 Å². The van der Waals surface area contributed by atoms with Crippen LogP contribution in [0.4, 0.5) is 0 Å². The Morgan fingerprint density at radius 1 is 0.247 bits per heavy atom. The van der Waals surface area contributed by atoms with Gasteiger partial charge >= 0.3 is 17.9 Å². The summed E-state index contributed by atoms with van der Waals surface area (Å²) in [6.45, 7) is 6.32. The van der Waals surface area contributed by atoms with Crippen LogP contribution >= 0.6 is 0 Å².